The fraction of sp³-hybridized carbons (Fsp3) is 1.00. The van der Waals surface area contributed by atoms with Crippen molar-refractivity contribution < 1.29 is 28.3 Å². The second-order valence-corrected chi connectivity index (χ2v) is 5.70. The van der Waals surface area contributed by atoms with Crippen LogP contribution in [0, 0.1) is 0 Å². The van der Waals surface area contributed by atoms with E-state index in [1.54, 1.807) is 0 Å². The van der Waals surface area contributed by atoms with Crippen molar-refractivity contribution in [3.8, 4) is 0 Å². The molecule has 15 heteroatoms. The molecule has 0 aromatic rings. The van der Waals surface area contributed by atoms with Crippen LogP contribution in [0.5, 0.6) is 0 Å². The van der Waals surface area contributed by atoms with Crippen LogP contribution in [0.4, 0.5) is 14.1 Å². The molecule has 3 aliphatic heterocycles. The number of nitrogens with zero attached hydrogens (tertiary/aromatic N) is 3. The lowest BCUT2D eigenvalue weighted by Crippen LogP contribution is -2.41. The first-order chi connectivity index (χ1) is 11.8. The van der Waals surface area contributed by atoms with Crippen LogP contribution < -0.4 is 14.5 Å². The van der Waals surface area contributed by atoms with Gasteiger partial charge in [-0.15, -0.1) is 0 Å². The summed E-state index contributed by atoms with van der Waals surface area (Å²) in [5.41, 5.74) is 0. The van der Waals surface area contributed by atoms with Crippen LogP contribution in [0.2, 0.25) is 0 Å². The Bertz CT molecular complexity index is 252. The Labute approximate surface area is 175 Å². The maximum atomic E-state index is 5.09. The quantitative estimate of drug-likeness (QED) is 0.310. The highest BCUT2D eigenvalue weighted by Gasteiger charge is 2.07. The average molecular weight is 463 g/mol. The van der Waals surface area contributed by atoms with Crippen molar-refractivity contribution in [2.75, 3.05) is 78.9 Å². The number of hydrogen-bond acceptors (Lipinski definition) is 12. The molecule has 168 valence electrons. The summed E-state index contributed by atoms with van der Waals surface area (Å²) in [7, 11) is 0. The van der Waals surface area contributed by atoms with E-state index in [1.165, 1.54) is 0 Å². The molecule has 0 aromatic carbocycles. The summed E-state index contributed by atoms with van der Waals surface area (Å²) in [6, 6.07) is 0. The minimum Gasteiger partial charge on any atom is -0.379 e. The smallest absolute Gasteiger partial charge is 0.0608 e. The maximum Gasteiger partial charge on any atom is 0.0608 e. The molecule has 3 rings (SSSR count). The van der Waals surface area contributed by atoms with Crippen molar-refractivity contribution in [2.24, 2.45) is 0 Å². The number of rotatable bonds is 3. The topological polar surface area (TPSA) is 73.5 Å². The zero-order valence-corrected chi connectivity index (χ0v) is 17.8. The Hall–Kier alpha value is 0.480. The van der Waals surface area contributed by atoms with Gasteiger partial charge in [0, 0.05) is 39.3 Å². The summed E-state index contributed by atoms with van der Waals surface area (Å²) in [5, 5.41) is 6.02. The van der Waals surface area contributed by atoms with Crippen LogP contribution in [0.3, 0.4) is 0 Å². The van der Waals surface area contributed by atoms with Crippen LogP contribution in [-0.2, 0) is 14.2 Å². The maximum absolute atomic E-state index is 5.09. The molecule has 3 aliphatic rings. The van der Waals surface area contributed by atoms with E-state index in [0.29, 0.717) is 0 Å². The van der Waals surface area contributed by atoms with Crippen molar-refractivity contribution in [3.63, 3.8) is 0 Å². The molecule has 0 aromatic heterocycles. The molecule has 0 unspecified atom stereocenters. The summed E-state index contributed by atoms with van der Waals surface area (Å²) in [4.78, 5) is 8.25. The molecule has 9 nitrogen and oxygen atoms in total. The van der Waals surface area contributed by atoms with Gasteiger partial charge in [0.1, 0.15) is 0 Å². The number of thiol groups is 3. The summed E-state index contributed by atoms with van der Waals surface area (Å²) < 4.78 is 15.3. The van der Waals surface area contributed by atoms with Gasteiger partial charge in [-0.1, -0.05) is 38.4 Å². The van der Waals surface area contributed by atoms with E-state index in [1.807, 2.05) is 15.0 Å². The van der Waals surface area contributed by atoms with Gasteiger partial charge in [0.2, 0.25) is 0 Å². The molecule has 27 heavy (non-hydrogen) atoms. The Morgan fingerprint density at radius 3 is 0.741 bits per heavy atom. The van der Waals surface area contributed by atoms with E-state index in [9.17, 15) is 0 Å². The molecule has 3 N–H and O–H groups in total. The number of morpholine rings is 3. The molecule has 0 spiro atoms. The van der Waals surface area contributed by atoms with E-state index >= 15 is 0 Å². The monoisotopic (exact) mass is 462 g/mol. The van der Waals surface area contributed by atoms with Gasteiger partial charge in [0.15, 0.2) is 0 Å². The average Bonchev–Trinajstić information content (AvgIpc) is 2.71. The van der Waals surface area contributed by atoms with Gasteiger partial charge < -0.3 is 14.2 Å². The lowest BCUT2D eigenvalue weighted by molar-refractivity contribution is 0.0292. The Kier molecular flexibility index (Phi) is 27.1. The highest BCUT2D eigenvalue weighted by atomic mass is 32.1. The SMILES string of the molecule is F.F.F.SNN1CCOCC1.SNN1CCOCC1.SNN1CCOCC1. The summed E-state index contributed by atoms with van der Waals surface area (Å²) in [6.45, 7) is 10.5. The minimum atomic E-state index is 0. The fourth-order valence-corrected chi connectivity index (χ4v) is 2.59. The van der Waals surface area contributed by atoms with Crippen molar-refractivity contribution in [1.29, 1.82) is 0 Å². The summed E-state index contributed by atoms with van der Waals surface area (Å²) in [5.74, 6) is 0. The molecule has 0 saturated carbocycles. The molecule has 3 saturated heterocycles. The van der Waals surface area contributed by atoms with Gasteiger partial charge in [0.25, 0.3) is 0 Å². The lowest BCUT2D eigenvalue weighted by atomic mass is 10.5. The molecule has 0 radical (unpaired) electrons. The molecule has 0 atom stereocenters. The zero-order chi connectivity index (χ0) is 17.5. The molecule has 3 fully saturated rings. The van der Waals surface area contributed by atoms with E-state index in [0.717, 1.165) is 78.9 Å². The van der Waals surface area contributed by atoms with Crippen LogP contribution in [-0.4, -0.2) is 93.9 Å². The minimum absolute atomic E-state index is 0. The Balaban J connectivity index is -0.000000303. The van der Waals surface area contributed by atoms with Gasteiger partial charge in [-0.3, -0.25) is 14.1 Å². The standard InChI is InChI=1S/3C4H10N2OS.3FH/c3*8-5-6-1-3-7-4-2-6;;;/h3*5,8H,1-4H2;3*1H. The predicted molar refractivity (Wildman–Crippen MR) is 111 cm³/mol. The van der Waals surface area contributed by atoms with Crippen molar-refractivity contribution in [2.45, 2.75) is 0 Å². The van der Waals surface area contributed by atoms with Crippen LogP contribution in [0.15, 0.2) is 0 Å². The number of halogens is 3. The number of hydrazine groups is 3. The highest BCUT2D eigenvalue weighted by molar-refractivity contribution is 7.78. The van der Waals surface area contributed by atoms with Crippen LogP contribution >= 0.6 is 38.4 Å². The van der Waals surface area contributed by atoms with Crippen molar-refractivity contribution >= 4 is 38.4 Å². The van der Waals surface area contributed by atoms with Gasteiger partial charge in [0.05, 0.1) is 39.6 Å². The van der Waals surface area contributed by atoms with Gasteiger partial charge in [-0.2, -0.15) is 0 Å². The highest BCUT2D eigenvalue weighted by Crippen LogP contribution is 1.92. The fourth-order valence-electron chi connectivity index (χ4n) is 1.99. The first-order valence-electron chi connectivity index (χ1n) is 7.97. The van der Waals surface area contributed by atoms with E-state index < -0.39 is 0 Å². The second-order valence-electron chi connectivity index (χ2n) is 5.10. The van der Waals surface area contributed by atoms with E-state index in [2.05, 4.69) is 52.9 Å². The molecule has 3 heterocycles. The molecule has 0 aliphatic carbocycles. The largest absolute Gasteiger partial charge is 0.379 e. The first-order valence-corrected chi connectivity index (χ1v) is 9.31. The molecular weight excluding hydrogens is 429 g/mol. The third kappa shape index (κ3) is 17.1. The second kappa shape index (κ2) is 22.8. The van der Waals surface area contributed by atoms with Gasteiger partial charge >= 0.3 is 0 Å². The molecular formula is C12H33F3N6O3S3. The van der Waals surface area contributed by atoms with Gasteiger partial charge in [-0.05, 0) is 0 Å². The number of ether oxygens (including phenoxy) is 3. The molecule has 0 amide bonds. The summed E-state index contributed by atoms with van der Waals surface area (Å²) >= 11 is 11.7. The number of nitrogens with one attached hydrogen (secondary N) is 3. The normalized spacial score (nSPS) is 21.0. The Morgan fingerprint density at radius 2 is 0.630 bits per heavy atom. The van der Waals surface area contributed by atoms with E-state index in [4.69, 9.17) is 14.2 Å². The number of hydrogen-bond donors (Lipinski definition) is 6. The third-order valence-corrected chi connectivity index (χ3v) is 4.31. The van der Waals surface area contributed by atoms with Crippen LogP contribution in [0.1, 0.15) is 0 Å². The summed E-state index contributed by atoms with van der Waals surface area (Å²) in [6.07, 6.45) is 0. The molecule has 0 bridgehead atoms. The van der Waals surface area contributed by atoms with E-state index in [-0.39, 0.29) is 14.1 Å². The Morgan fingerprint density at radius 1 is 0.444 bits per heavy atom. The zero-order valence-electron chi connectivity index (χ0n) is 15.1. The third-order valence-electron chi connectivity index (χ3n) is 3.46. The van der Waals surface area contributed by atoms with Crippen molar-refractivity contribution in [1.82, 2.24) is 29.5 Å². The van der Waals surface area contributed by atoms with Crippen LogP contribution in [0.25, 0.3) is 0 Å². The predicted octanol–water partition coefficient (Wildman–Crippen LogP) is -0.538. The first kappa shape index (κ1) is 32.2. The van der Waals surface area contributed by atoms with Crippen molar-refractivity contribution in [3.05, 3.63) is 0 Å². The van der Waals surface area contributed by atoms with Gasteiger partial charge in [-0.25, -0.2) is 29.5 Å². The lowest BCUT2D eigenvalue weighted by Gasteiger charge is -2.24.